The maximum atomic E-state index is 7.80. The quantitative estimate of drug-likeness (QED) is 0.128. The van der Waals surface area contributed by atoms with Crippen LogP contribution in [0.5, 0.6) is 0 Å². The highest BCUT2D eigenvalue weighted by atomic mass is 15.0. The molecule has 0 aliphatic heterocycles. The third-order valence-corrected chi connectivity index (χ3v) is 7.35. The normalized spacial score (nSPS) is 12.8. The zero-order valence-corrected chi connectivity index (χ0v) is 20.0. The lowest BCUT2D eigenvalue weighted by Gasteiger charge is -2.16. The third-order valence-electron chi connectivity index (χ3n) is 7.35. The number of aromatic nitrogens is 3. The Morgan fingerprint density at radius 3 is 2.48 bits per heavy atom. The van der Waals surface area contributed by atoms with Gasteiger partial charge in [-0.3, -0.25) is 0 Å². The van der Waals surface area contributed by atoms with Crippen LogP contribution in [0.15, 0.2) is 48.8 Å². The van der Waals surface area contributed by atoms with Gasteiger partial charge in [0.1, 0.15) is 5.52 Å². The topological polar surface area (TPSA) is 25.5 Å². The molecule has 4 heteroatoms. The molecule has 0 aliphatic rings. The molecule has 0 saturated carbocycles. The Labute approximate surface area is 193 Å². The molecule has 162 valence electrons. The van der Waals surface area contributed by atoms with Crippen LogP contribution in [0.2, 0.25) is 0 Å². The lowest BCUT2D eigenvalue weighted by atomic mass is 9.92. The van der Waals surface area contributed by atoms with Crippen LogP contribution in [0, 0.1) is 13.5 Å². The number of pyridine rings is 1. The minimum atomic E-state index is -0.622. The number of aryl methyl sites for hydroxylation is 2. The van der Waals surface area contributed by atoms with Gasteiger partial charge in [-0.1, -0.05) is 38.1 Å². The molecule has 6 rings (SSSR count). The summed E-state index contributed by atoms with van der Waals surface area (Å²) in [5, 5.41) is 4.96. The van der Waals surface area contributed by atoms with Gasteiger partial charge in [0.15, 0.2) is 5.52 Å². The van der Waals surface area contributed by atoms with Crippen molar-refractivity contribution < 1.29 is 4.57 Å². The van der Waals surface area contributed by atoms with Crippen LogP contribution in [-0.4, -0.2) is 9.38 Å². The first kappa shape index (κ1) is 19.9. The van der Waals surface area contributed by atoms with Crippen molar-refractivity contribution in [2.24, 2.45) is 7.05 Å². The molecule has 0 fully saturated rings. The van der Waals surface area contributed by atoms with Gasteiger partial charge in [-0.2, -0.15) is 0 Å². The third kappa shape index (κ3) is 2.51. The number of nitrogens with zero attached hydrogens (tertiary/aromatic N) is 4. The number of rotatable bonds is 2. The Bertz CT molecular complexity index is 1790. The molecule has 3 aromatic carbocycles. The zero-order valence-electron chi connectivity index (χ0n) is 20.0. The van der Waals surface area contributed by atoms with Gasteiger partial charge >= 0.3 is 0 Å². The van der Waals surface area contributed by atoms with Gasteiger partial charge < -0.3 is 9.25 Å². The Balaban J connectivity index is 2.01. The number of fused-ring (bicyclic) bond motifs is 5. The molecule has 0 aliphatic carbocycles. The highest BCUT2D eigenvalue weighted by molar-refractivity contribution is 6.25. The summed E-state index contributed by atoms with van der Waals surface area (Å²) in [5.41, 5.74) is 8.70. The van der Waals surface area contributed by atoms with Crippen LogP contribution in [-0.2, 0) is 12.6 Å². The van der Waals surface area contributed by atoms with Crippen molar-refractivity contribution in [1.82, 2.24) is 9.38 Å². The fraction of sp³-hybridized carbons (Fsp3) is 0.276. The second-order valence-electron chi connectivity index (χ2n) is 10.2. The number of benzene rings is 3. The maximum Gasteiger partial charge on any atom is 0.287 e. The predicted molar refractivity (Wildman–Crippen MR) is 136 cm³/mol. The van der Waals surface area contributed by atoms with Crippen molar-refractivity contribution in [3.63, 3.8) is 0 Å². The van der Waals surface area contributed by atoms with E-state index in [4.69, 9.17) is 11.6 Å². The van der Waals surface area contributed by atoms with Crippen LogP contribution in [0.25, 0.3) is 54.0 Å². The minimum absolute atomic E-state index is 0.448. The van der Waals surface area contributed by atoms with Crippen LogP contribution in [0.1, 0.15) is 50.3 Å². The zero-order chi connectivity index (χ0) is 23.2. The number of hydrogen-bond donors (Lipinski definition) is 0. The smallest absolute Gasteiger partial charge is 0.287 e. The molecule has 3 heterocycles. The van der Waals surface area contributed by atoms with Gasteiger partial charge in [-0.25, -0.2) is 11.1 Å². The molecule has 3 aromatic heterocycles. The van der Waals surface area contributed by atoms with E-state index in [1.807, 2.05) is 20.2 Å². The van der Waals surface area contributed by atoms with E-state index in [2.05, 4.69) is 84.1 Å². The van der Waals surface area contributed by atoms with E-state index in [-0.39, 0.29) is 0 Å². The number of hydrogen-bond acceptors (Lipinski definition) is 1. The molecule has 0 unspecified atom stereocenters. The highest BCUT2D eigenvalue weighted by Gasteiger charge is 2.31. The van der Waals surface area contributed by atoms with Crippen LogP contribution in [0.3, 0.4) is 0 Å². The van der Waals surface area contributed by atoms with Crippen molar-refractivity contribution in [3.8, 4) is 0 Å². The van der Waals surface area contributed by atoms with E-state index in [0.717, 1.165) is 22.0 Å². The second kappa shape index (κ2) is 6.42. The van der Waals surface area contributed by atoms with Gasteiger partial charge in [0.05, 0.1) is 29.0 Å². The molecule has 6 aromatic rings. The largest absolute Gasteiger partial charge is 0.308 e. The average Bonchev–Trinajstić information content (AvgIpc) is 3.13. The second-order valence-corrected chi connectivity index (χ2v) is 10.2. The fourth-order valence-electron chi connectivity index (χ4n) is 5.37. The summed E-state index contributed by atoms with van der Waals surface area (Å²) < 4.78 is 4.58. The summed E-state index contributed by atoms with van der Waals surface area (Å²) in [6, 6.07) is 15.7. The molecule has 0 spiro atoms. The van der Waals surface area contributed by atoms with Crippen molar-refractivity contribution in [2.45, 2.75) is 46.1 Å². The summed E-state index contributed by atoms with van der Waals surface area (Å²) in [4.78, 5) is 8.75. The van der Waals surface area contributed by atoms with Crippen LogP contribution in [0.4, 0.5) is 0 Å². The van der Waals surface area contributed by atoms with Crippen LogP contribution < -0.4 is 4.57 Å². The van der Waals surface area contributed by atoms with E-state index in [1.54, 1.807) is 0 Å². The van der Waals surface area contributed by atoms with E-state index in [9.17, 15) is 0 Å². The average molecular weight is 432 g/mol. The Morgan fingerprint density at radius 1 is 1.00 bits per heavy atom. The monoisotopic (exact) mass is 431 g/mol. The summed E-state index contributed by atoms with van der Waals surface area (Å²) in [6.45, 7) is 18.5. The molecule has 0 radical (unpaired) electrons. The van der Waals surface area contributed by atoms with Crippen molar-refractivity contribution in [3.05, 3.63) is 76.9 Å². The van der Waals surface area contributed by atoms with Gasteiger partial charge in [0, 0.05) is 41.6 Å². The summed E-state index contributed by atoms with van der Waals surface area (Å²) in [5.74, 6) is 0.448. The molecule has 33 heavy (non-hydrogen) atoms. The molecule has 0 bridgehead atoms. The van der Waals surface area contributed by atoms with E-state index >= 15 is 0 Å². The molecular formula is C29H27N4+. The van der Waals surface area contributed by atoms with Crippen molar-refractivity contribution >= 4 is 49.1 Å². The Morgan fingerprint density at radius 2 is 1.76 bits per heavy atom. The first-order valence-corrected chi connectivity index (χ1v) is 11.5. The molecule has 0 amide bonds. The summed E-state index contributed by atoms with van der Waals surface area (Å²) in [7, 11) is 2.08. The molecule has 4 nitrogen and oxygen atoms in total. The van der Waals surface area contributed by atoms with Gasteiger partial charge in [0.2, 0.25) is 0 Å². The standard InChI is InChI=1S/C29H27N4/c1-16(2)18-9-11-20-21-10-8-17(3)25-27(21)33(23(20)12-18)24-14-19(29(4,5)30-6)13-22-26(24)28(25)32(7)15-31-22/h8-16H,1-5,7H3/q+1. The predicted octanol–water partition coefficient (Wildman–Crippen LogP) is 6.80. The van der Waals surface area contributed by atoms with E-state index in [1.165, 1.54) is 43.8 Å². The van der Waals surface area contributed by atoms with E-state index < -0.39 is 5.54 Å². The molecule has 0 N–H and O–H groups in total. The summed E-state index contributed by atoms with van der Waals surface area (Å²) in [6.07, 6.45) is 1.91. The van der Waals surface area contributed by atoms with Crippen LogP contribution >= 0.6 is 0 Å². The summed E-state index contributed by atoms with van der Waals surface area (Å²) >= 11 is 0. The van der Waals surface area contributed by atoms with Crippen molar-refractivity contribution in [1.29, 1.82) is 0 Å². The highest BCUT2D eigenvalue weighted by Crippen LogP contribution is 2.42. The van der Waals surface area contributed by atoms with E-state index in [0.29, 0.717) is 5.92 Å². The lowest BCUT2D eigenvalue weighted by Crippen LogP contribution is -2.30. The Hall–Kier alpha value is -3.71. The van der Waals surface area contributed by atoms with Gasteiger partial charge in [-0.15, -0.1) is 0 Å². The van der Waals surface area contributed by atoms with Gasteiger partial charge in [-0.05, 0) is 41.1 Å². The first-order valence-electron chi connectivity index (χ1n) is 11.5. The molecule has 0 atom stereocenters. The first-order chi connectivity index (χ1) is 15.7. The lowest BCUT2D eigenvalue weighted by molar-refractivity contribution is -0.646. The Kier molecular flexibility index (Phi) is 3.88. The fourth-order valence-corrected chi connectivity index (χ4v) is 5.37. The van der Waals surface area contributed by atoms with Crippen molar-refractivity contribution in [2.75, 3.05) is 0 Å². The molecule has 0 saturated heterocycles. The SMILES string of the molecule is [C-]#[N+]C(C)(C)c1cc2nc[n+](C)c3c4c(C)ccc5c6ccc(C(C)C)cc6n(c(c1)c23)c54. The maximum absolute atomic E-state index is 7.80. The minimum Gasteiger partial charge on any atom is -0.308 e. The molecular weight excluding hydrogens is 404 g/mol. The van der Waals surface area contributed by atoms with Gasteiger partial charge in [0.25, 0.3) is 11.9 Å².